The summed E-state index contributed by atoms with van der Waals surface area (Å²) in [6, 6.07) is 5.62. The second-order valence-electron chi connectivity index (χ2n) is 5.49. The molecule has 0 aliphatic rings. The van der Waals surface area contributed by atoms with Gasteiger partial charge in [0.25, 0.3) is 0 Å². The quantitative estimate of drug-likeness (QED) is 0.813. The predicted octanol–water partition coefficient (Wildman–Crippen LogP) is 2.76. The normalized spacial score (nSPS) is 11.6. The van der Waals surface area contributed by atoms with E-state index >= 15 is 0 Å². The minimum absolute atomic E-state index is 0.142. The molecule has 100 valence electrons. The van der Waals surface area contributed by atoms with Crippen LogP contribution in [0.15, 0.2) is 18.2 Å². The van der Waals surface area contributed by atoms with Crippen LogP contribution in [0.2, 0.25) is 0 Å². The van der Waals surface area contributed by atoms with E-state index in [0.29, 0.717) is 5.56 Å². The third-order valence-electron chi connectivity index (χ3n) is 3.26. The Morgan fingerprint density at radius 1 is 1.39 bits per heavy atom. The highest BCUT2D eigenvalue weighted by Gasteiger charge is 2.15. The highest BCUT2D eigenvalue weighted by Crippen LogP contribution is 2.15. The van der Waals surface area contributed by atoms with E-state index in [1.54, 1.807) is 6.07 Å². The van der Waals surface area contributed by atoms with Crippen LogP contribution in [0.4, 0.5) is 0 Å². The highest BCUT2D eigenvalue weighted by atomic mass is 16.1. The topological polar surface area (TPSA) is 55.1 Å². The number of hydrogen-bond donors (Lipinski definition) is 2. The number of carbonyl (C=O) groups is 1. The third kappa shape index (κ3) is 4.15. The summed E-state index contributed by atoms with van der Waals surface area (Å²) in [5, 5.41) is 3.55. The van der Waals surface area contributed by atoms with Crippen LogP contribution in [0.3, 0.4) is 0 Å². The van der Waals surface area contributed by atoms with Crippen molar-refractivity contribution in [2.24, 2.45) is 5.73 Å². The lowest BCUT2D eigenvalue weighted by atomic mass is 9.97. The molecule has 1 aromatic rings. The average Bonchev–Trinajstić information content (AvgIpc) is 2.27. The van der Waals surface area contributed by atoms with E-state index in [0.717, 1.165) is 18.5 Å². The van der Waals surface area contributed by atoms with Gasteiger partial charge in [-0.15, -0.1) is 0 Å². The van der Waals surface area contributed by atoms with E-state index in [9.17, 15) is 4.79 Å². The zero-order chi connectivity index (χ0) is 13.8. The molecule has 0 aliphatic carbocycles. The molecule has 0 atom stereocenters. The summed E-state index contributed by atoms with van der Waals surface area (Å²) >= 11 is 0. The Morgan fingerprint density at radius 2 is 2.06 bits per heavy atom. The number of hydrogen-bond acceptors (Lipinski definition) is 2. The lowest BCUT2D eigenvalue weighted by Crippen LogP contribution is -2.38. The monoisotopic (exact) mass is 248 g/mol. The van der Waals surface area contributed by atoms with Gasteiger partial charge < -0.3 is 11.1 Å². The van der Waals surface area contributed by atoms with Crippen molar-refractivity contribution >= 4 is 5.91 Å². The fraction of sp³-hybridized carbons (Fsp3) is 0.533. The van der Waals surface area contributed by atoms with E-state index in [4.69, 9.17) is 5.73 Å². The van der Waals surface area contributed by atoms with Gasteiger partial charge in [0.05, 0.1) is 0 Å². The number of primary amides is 1. The molecule has 0 saturated carbocycles. The smallest absolute Gasteiger partial charge is 0.248 e. The number of benzene rings is 1. The number of amides is 1. The second kappa shape index (κ2) is 6.01. The minimum Gasteiger partial charge on any atom is -0.366 e. The minimum atomic E-state index is -0.371. The van der Waals surface area contributed by atoms with Crippen LogP contribution < -0.4 is 11.1 Å². The first-order chi connectivity index (χ1) is 8.35. The summed E-state index contributed by atoms with van der Waals surface area (Å²) < 4.78 is 0. The van der Waals surface area contributed by atoms with Crippen molar-refractivity contribution < 1.29 is 4.79 Å². The molecule has 0 bridgehead atoms. The highest BCUT2D eigenvalue weighted by molar-refractivity contribution is 5.93. The van der Waals surface area contributed by atoms with E-state index in [1.165, 1.54) is 12.0 Å². The Kier molecular flexibility index (Phi) is 4.91. The molecular weight excluding hydrogens is 224 g/mol. The Hall–Kier alpha value is -1.35. The van der Waals surface area contributed by atoms with E-state index < -0.39 is 0 Å². The Morgan fingerprint density at radius 3 is 2.56 bits per heavy atom. The van der Waals surface area contributed by atoms with Gasteiger partial charge in [0.2, 0.25) is 5.91 Å². The Labute approximate surface area is 110 Å². The number of aryl methyl sites for hydroxylation is 1. The molecule has 0 radical (unpaired) electrons. The van der Waals surface area contributed by atoms with E-state index in [1.807, 2.05) is 19.1 Å². The van der Waals surface area contributed by atoms with E-state index in [-0.39, 0.29) is 11.4 Å². The predicted molar refractivity (Wildman–Crippen MR) is 75.5 cm³/mol. The number of nitrogens with two attached hydrogens (primary N) is 1. The van der Waals surface area contributed by atoms with Gasteiger partial charge in [0, 0.05) is 17.6 Å². The summed E-state index contributed by atoms with van der Waals surface area (Å²) in [5.41, 5.74) is 8.29. The lowest BCUT2D eigenvalue weighted by Gasteiger charge is -2.26. The Balaban J connectivity index is 2.71. The molecule has 0 spiro atoms. The van der Waals surface area contributed by atoms with Gasteiger partial charge in [0.15, 0.2) is 0 Å². The molecule has 0 unspecified atom stereocenters. The van der Waals surface area contributed by atoms with Crippen LogP contribution in [0.1, 0.15) is 55.1 Å². The van der Waals surface area contributed by atoms with Crippen LogP contribution in [-0.2, 0) is 6.54 Å². The third-order valence-corrected chi connectivity index (χ3v) is 3.26. The fourth-order valence-corrected chi connectivity index (χ4v) is 2.10. The molecule has 3 N–H and O–H groups in total. The first kappa shape index (κ1) is 14.7. The summed E-state index contributed by atoms with van der Waals surface area (Å²) in [6.07, 6.45) is 2.31. The molecule has 0 aromatic heterocycles. The second-order valence-corrected chi connectivity index (χ2v) is 5.49. The van der Waals surface area contributed by atoms with Gasteiger partial charge in [-0.1, -0.05) is 19.4 Å². The lowest BCUT2D eigenvalue weighted by molar-refractivity contribution is 0.1000. The molecule has 1 amide bonds. The van der Waals surface area contributed by atoms with Crippen LogP contribution in [0, 0.1) is 6.92 Å². The largest absolute Gasteiger partial charge is 0.366 e. The van der Waals surface area contributed by atoms with Crippen molar-refractivity contribution in [1.82, 2.24) is 5.32 Å². The molecule has 0 aliphatic heterocycles. The summed E-state index contributed by atoms with van der Waals surface area (Å²) in [4.78, 5) is 11.1. The van der Waals surface area contributed by atoms with E-state index in [2.05, 4.69) is 26.1 Å². The SMILES string of the molecule is CCCC(C)(C)NCc1ccc(C(N)=O)cc1C. The molecule has 3 heteroatoms. The fourth-order valence-electron chi connectivity index (χ4n) is 2.10. The van der Waals surface area contributed by atoms with Crippen LogP contribution in [0.5, 0.6) is 0 Å². The van der Waals surface area contributed by atoms with Crippen molar-refractivity contribution in [3.63, 3.8) is 0 Å². The number of nitrogens with one attached hydrogen (secondary N) is 1. The van der Waals surface area contributed by atoms with Crippen molar-refractivity contribution in [2.75, 3.05) is 0 Å². The van der Waals surface area contributed by atoms with Crippen LogP contribution in [0.25, 0.3) is 0 Å². The molecular formula is C15H24N2O. The van der Waals surface area contributed by atoms with Gasteiger partial charge in [-0.2, -0.15) is 0 Å². The van der Waals surface area contributed by atoms with Crippen molar-refractivity contribution in [3.8, 4) is 0 Å². The van der Waals surface area contributed by atoms with Gasteiger partial charge in [-0.25, -0.2) is 0 Å². The average molecular weight is 248 g/mol. The molecule has 1 aromatic carbocycles. The zero-order valence-corrected chi connectivity index (χ0v) is 11.8. The maximum absolute atomic E-state index is 11.1. The van der Waals surface area contributed by atoms with Crippen molar-refractivity contribution in [3.05, 3.63) is 34.9 Å². The number of carbonyl (C=O) groups excluding carboxylic acids is 1. The Bertz CT molecular complexity index is 425. The van der Waals surface area contributed by atoms with Crippen molar-refractivity contribution in [1.29, 1.82) is 0 Å². The zero-order valence-electron chi connectivity index (χ0n) is 11.8. The van der Waals surface area contributed by atoms with Gasteiger partial charge in [-0.05, 0) is 50.5 Å². The summed E-state index contributed by atoms with van der Waals surface area (Å²) in [5.74, 6) is -0.371. The molecule has 0 fully saturated rings. The first-order valence-corrected chi connectivity index (χ1v) is 6.50. The standard InChI is InChI=1S/C15H24N2O/c1-5-8-15(3,4)17-10-13-7-6-12(14(16)18)9-11(13)2/h6-7,9,17H,5,8,10H2,1-4H3,(H2,16,18). The first-order valence-electron chi connectivity index (χ1n) is 6.50. The molecule has 3 nitrogen and oxygen atoms in total. The maximum atomic E-state index is 11.1. The molecule has 0 saturated heterocycles. The molecule has 1 rings (SSSR count). The van der Waals surface area contributed by atoms with Crippen LogP contribution >= 0.6 is 0 Å². The van der Waals surface area contributed by atoms with Crippen LogP contribution in [-0.4, -0.2) is 11.4 Å². The molecule has 0 heterocycles. The summed E-state index contributed by atoms with van der Waals surface area (Å²) in [6.45, 7) is 9.44. The maximum Gasteiger partial charge on any atom is 0.248 e. The van der Waals surface area contributed by atoms with Gasteiger partial charge in [0.1, 0.15) is 0 Å². The number of rotatable bonds is 6. The summed E-state index contributed by atoms with van der Waals surface area (Å²) in [7, 11) is 0. The van der Waals surface area contributed by atoms with Crippen molar-refractivity contribution in [2.45, 2.75) is 52.6 Å². The van der Waals surface area contributed by atoms with Gasteiger partial charge >= 0.3 is 0 Å². The molecule has 18 heavy (non-hydrogen) atoms. The van der Waals surface area contributed by atoms with Gasteiger partial charge in [-0.3, -0.25) is 4.79 Å².